The van der Waals surface area contributed by atoms with Gasteiger partial charge in [0, 0.05) is 19.3 Å². The van der Waals surface area contributed by atoms with Gasteiger partial charge in [-0.25, -0.2) is 0 Å². The predicted molar refractivity (Wildman–Crippen MR) is 136 cm³/mol. The molecule has 34 heavy (non-hydrogen) atoms. The Morgan fingerprint density at radius 2 is 0.706 bits per heavy atom. The minimum atomic E-state index is -0.768. The molecule has 0 saturated heterocycles. The molecule has 7 nitrogen and oxygen atoms in total. The molecule has 0 aromatic rings. The number of hydrogen-bond donors (Lipinski definition) is 3. The Kier molecular flexibility index (Phi) is 20.8. The second-order valence-corrected chi connectivity index (χ2v) is 9.97. The molecule has 0 heterocycles. The summed E-state index contributed by atoms with van der Waals surface area (Å²) in [5.74, 6) is -2.30. The average Bonchev–Trinajstić information content (AvgIpc) is 2.78. The third-order valence-electron chi connectivity index (χ3n) is 6.81. The number of unbranched alkanes of at least 4 members (excludes halogenated alkanes) is 12. The lowest BCUT2D eigenvalue weighted by Gasteiger charge is -2.39. The maximum absolute atomic E-state index is 10.9. The van der Waals surface area contributed by atoms with Crippen molar-refractivity contribution >= 4 is 17.9 Å². The standard InChI is InChI=1S/C27H51NO6/c1-2-3-4-5-6-7-8-9-10-14-21-28(22-15-11-18-25(29)30,23-16-12-19-26(31)32)24-17-13-20-27(33)34/h2-24H2,1H3,(H2-,29,30,31,32,33,34)/p+1. The number of carbonyl (C=O) groups is 3. The molecule has 0 radical (unpaired) electrons. The van der Waals surface area contributed by atoms with Gasteiger partial charge in [-0.15, -0.1) is 0 Å². The number of carboxylic acid groups (broad SMARTS) is 3. The highest BCUT2D eigenvalue weighted by Gasteiger charge is 2.26. The fourth-order valence-electron chi connectivity index (χ4n) is 4.78. The fourth-order valence-corrected chi connectivity index (χ4v) is 4.78. The van der Waals surface area contributed by atoms with Crippen molar-refractivity contribution in [3.63, 3.8) is 0 Å². The van der Waals surface area contributed by atoms with Crippen molar-refractivity contribution in [1.29, 1.82) is 0 Å². The van der Waals surface area contributed by atoms with Crippen molar-refractivity contribution in [2.45, 2.75) is 129 Å². The van der Waals surface area contributed by atoms with Crippen molar-refractivity contribution in [3.05, 3.63) is 0 Å². The van der Waals surface area contributed by atoms with Crippen molar-refractivity contribution in [2.24, 2.45) is 0 Å². The first kappa shape index (κ1) is 32.4. The highest BCUT2D eigenvalue weighted by atomic mass is 16.4. The highest BCUT2D eigenvalue weighted by Crippen LogP contribution is 2.19. The Labute approximate surface area is 207 Å². The van der Waals surface area contributed by atoms with Crippen LogP contribution in [0.3, 0.4) is 0 Å². The van der Waals surface area contributed by atoms with Crippen LogP contribution in [0.15, 0.2) is 0 Å². The lowest BCUT2D eigenvalue weighted by molar-refractivity contribution is -0.929. The van der Waals surface area contributed by atoms with Gasteiger partial charge in [-0.05, 0) is 51.4 Å². The van der Waals surface area contributed by atoms with Crippen molar-refractivity contribution < 1.29 is 34.2 Å². The highest BCUT2D eigenvalue weighted by molar-refractivity contribution is 5.67. The summed E-state index contributed by atoms with van der Waals surface area (Å²) >= 11 is 0. The molecule has 0 atom stereocenters. The first-order valence-electron chi connectivity index (χ1n) is 13.8. The zero-order valence-electron chi connectivity index (χ0n) is 21.8. The van der Waals surface area contributed by atoms with Crippen molar-refractivity contribution in [2.75, 3.05) is 26.2 Å². The van der Waals surface area contributed by atoms with E-state index in [1.54, 1.807) is 0 Å². The van der Waals surface area contributed by atoms with E-state index in [0.29, 0.717) is 19.3 Å². The van der Waals surface area contributed by atoms with Crippen LogP contribution in [0.25, 0.3) is 0 Å². The summed E-state index contributed by atoms with van der Waals surface area (Å²) in [4.78, 5) is 32.8. The van der Waals surface area contributed by atoms with Crippen LogP contribution < -0.4 is 0 Å². The molecule has 3 N–H and O–H groups in total. The van der Waals surface area contributed by atoms with Gasteiger partial charge in [0.1, 0.15) is 0 Å². The molecule has 0 aliphatic carbocycles. The Balaban J connectivity index is 4.72. The second kappa shape index (κ2) is 21.9. The molecule has 0 aromatic heterocycles. The van der Waals surface area contributed by atoms with Gasteiger partial charge in [0.05, 0.1) is 26.2 Å². The molecule has 0 unspecified atom stereocenters. The Bertz CT molecular complexity index is 482. The minimum absolute atomic E-state index is 0.177. The summed E-state index contributed by atoms with van der Waals surface area (Å²) in [5, 5.41) is 26.9. The van der Waals surface area contributed by atoms with Crippen LogP contribution in [-0.4, -0.2) is 63.9 Å². The third-order valence-corrected chi connectivity index (χ3v) is 6.81. The Morgan fingerprint density at radius 3 is 1.00 bits per heavy atom. The van der Waals surface area contributed by atoms with Gasteiger partial charge in [-0.1, -0.05) is 58.3 Å². The molecule has 0 fully saturated rings. The Morgan fingerprint density at radius 1 is 0.441 bits per heavy atom. The van der Waals surface area contributed by atoms with Gasteiger partial charge in [0.15, 0.2) is 0 Å². The van der Waals surface area contributed by atoms with Crippen LogP contribution in [0, 0.1) is 0 Å². The van der Waals surface area contributed by atoms with E-state index in [2.05, 4.69) is 6.92 Å². The van der Waals surface area contributed by atoms with Crippen molar-refractivity contribution in [1.82, 2.24) is 0 Å². The summed E-state index contributed by atoms with van der Waals surface area (Å²) in [6.45, 7) is 5.94. The maximum atomic E-state index is 10.9. The first-order chi connectivity index (χ1) is 16.3. The van der Waals surface area contributed by atoms with Crippen LogP contribution in [-0.2, 0) is 14.4 Å². The zero-order chi connectivity index (χ0) is 25.5. The van der Waals surface area contributed by atoms with Gasteiger partial charge in [0.2, 0.25) is 0 Å². The van der Waals surface area contributed by atoms with E-state index in [9.17, 15) is 14.4 Å². The number of hydrogen-bond acceptors (Lipinski definition) is 3. The predicted octanol–water partition coefficient (Wildman–Crippen LogP) is 6.49. The van der Waals surface area contributed by atoms with Gasteiger partial charge in [0.25, 0.3) is 0 Å². The average molecular weight is 487 g/mol. The minimum Gasteiger partial charge on any atom is -0.481 e. The number of quaternary nitrogens is 1. The monoisotopic (exact) mass is 486 g/mol. The van der Waals surface area contributed by atoms with Gasteiger partial charge in [-0.2, -0.15) is 0 Å². The van der Waals surface area contributed by atoms with E-state index in [-0.39, 0.29) is 19.3 Å². The molecule has 0 bridgehead atoms. The van der Waals surface area contributed by atoms with Crippen LogP contribution in [0.4, 0.5) is 0 Å². The summed E-state index contributed by atoms with van der Waals surface area (Å²) in [6.07, 6.45) is 17.8. The molecule has 0 aliphatic heterocycles. The molecular weight excluding hydrogens is 434 g/mol. The smallest absolute Gasteiger partial charge is 0.303 e. The SMILES string of the molecule is CCCCCCCCCCCC[N+](CCCCC(=O)O)(CCCCC(=O)O)CCCCC(=O)O. The number of rotatable bonds is 26. The molecule has 0 saturated carbocycles. The second-order valence-electron chi connectivity index (χ2n) is 9.97. The summed E-state index contributed by atoms with van der Waals surface area (Å²) < 4.78 is 0.871. The zero-order valence-corrected chi connectivity index (χ0v) is 21.8. The number of aliphatic carboxylic acids is 3. The largest absolute Gasteiger partial charge is 0.481 e. The molecular formula is C27H52NO6+. The topological polar surface area (TPSA) is 112 Å². The normalized spacial score (nSPS) is 11.6. The third kappa shape index (κ3) is 20.9. The lowest BCUT2D eigenvalue weighted by atomic mass is 10.0. The van der Waals surface area contributed by atoms with E-state index in [0.717, 1.165) is 56.3 Å². The summed E-state index contributed by atoms with van der Waals surface area (Å²) in [7, 11) is 0. The van der Waals surface area contributed by atoms with E-state index < -0.39 is 17.9 Å². The van der Waals surface area contributed by atoms with E-state index in [1.807, 2.05) is 0 Å². The van der Waals surface area contributed by atoms with Gasteiger partial charge < -0.3 is 19.8 Å². The van der Waals surface area contributed by atoms with Crippen LogP contribution in [0.2, 0.25) is 0 Å². The van der Waals surface area contributed by atoms with Gasteiger partial charge >= 0.3 is 17.9 Å². The fraction of sp³-hybridized carbons (Fsp3) is 0.889. The van der Waals surface area contributed by atoms with Crippen molar-refractivity contribution in [3.8, 4) is 0 Å². The van der Waals surface area contributed by atoms with Crippen LogP contribution in [0.5, 0.6) is 0 Å². The number of nitrogens with zero attached hydrogens (tertiary/aromatic N) is 1. The van der Waals surface area contributed by atoms with E-state index >= 15 is 0 Å². The molecule has 0 spiro atoms. The van der Waals surface area contributed by atoms with Gasteiger partial charge in [-0.3, -0.25) is 14.4 Å². The number of carboxylic acids is 3. The molecule has 7 heteroatoms. The molecule has 200 valence electrons. The van der Waals surface area contributed by atoms with Crippen LogP contribution in [0.1, 0.15) is 129 Å². The molecule has 0 aromatic carbocycles. The molecule has 0 amide bonds. The first-order valence-corrected chi connectivity index (χ1v) is 13.8. The molecule has 0 aliphatic rings. The van der Waals surface area contributed by atoms with E-state index in [1.165, 1.54) is 57.8 Å². The maximum Gasteiger partial charge on any atom is 0.303 e. The van der Waals surface area contributed by atoms with E-state index in [4.69, 9.17) is 15.3 Å². The quantitative estimate of drug-likeness (QED) is 0.0951. The lowest BCUT2D eigenvalue weighted by Crippen LogP contribution is -2.51. The molecule has 0 rings (SSSR count). The van der Waals surface area contributed by atoms with Crippen LogP contribution >= 0.6 is 0 Å². The summed E-state index contributed by atoms with van der Waals surface area (Å²) in [6, 6.07) is 0. The Hall–Kier alpha value is -1.63. The summed E-state index contributed by atoms with van der Waals surface area (Å²) in [5.41, 5.74) is 0.